The van der Waals surface area contributed by atoms with Crippen molar-refractivity contribution < 1.29 is 9.18 Å². The van der Waals surface area contributed by atoms with Gasteiger partial charge in [0.05, 0.1) is 0 Å². The van der Waals surface area contributed by atoms with Crippen molar-refractivity contribution in [3.05, 3.63) is 30.1 Å². The van der Waals surface area contributed by atoms with Crippen molar-refractivity contribution in [1.82, 2.24) is 10.3 Å². The standard InChI is InChI=1S/C19H23FN4O/c20-16-12-15(22-19(25)21-14-5-1-2-6-14)11-13-7-8-17(23-18(13)16)24-9-3-4-10-24/h7-8,11-12,14H,1-6,9-10H2,(H2,21,22,25). The number of hydrogen-bond acceptors (Lipinski definition) is 3. The maximum absolute atomic E-state index is 14.5. The number of rotatable bonds is 3. The van der Waals surface area contributed by atoms with Crippen LogP contribution in [-0.2, 0) is 0 Å². The highest BCUT2D eigenvalue weighted by Crippen LogP contribution is 2.26. The monoisotopic (exact) mass is 342 g/mol. The lowest BCUT2D eigenvalue weighted by Gasteiger charge is -2.17. The fourth-order valence-electron chi connectivity index (χ4n) is 3.80. The summed E-state index contributed by atoms with van der Waals surface area (Å²) in [5.41, 5.74) is 0.808. The van der Waals surface area contributed by atoms with Crippen molar-refractivity contribution in [2.24, 2.45) is 0 Å². The van der Waals surface area contributed by atoms with E-state index in [0.717, 1.165) is 57.4 Å². The molecule has 0 bridgehead atoms. The molecule has 2 amide bonds. The lowest BCUT2D eigenvalue weighted by molar-refractivity contribution is 0.248. The van der Waals surface area contributed by atoms with Gasteiger partial charge in [0.2, 0.25) is 0 Å². The van der Waals surface area contributed by atoms with Gasteiger partial charge in [0, 0.05) is 30.2 Å². The Morgan fingerprint density at radius 1 is 1.12 bits per heavy atom. The van der Waals surface area contributed by atoms with Crippen LogP contribution < -0.4 is 15.5 Å². The van der Waals surface area contributed by atoms with E-state index in [9.17, 15) is 9.18 Å². The molecular formula is C19H23FN4O. The average Bonchev–Trinajstić information content (AvgIpc) is 3.28. The molecule has 25 heavy (non-hydrogen) atoms. The van der Waals surface area contributed by atoms with Crippen molar-refractivity contribution in [1.29, 1.82) is 0 Å². The summed E-state index contributed by atoms with van der Waals surface area (Å²) >= 11 is 0. The molecule has 1 aliphatic heterocycles. The summed E-state index contributed by atoms with van der Waals surface area (Å²) in [5.74, 6) is 0.415. The van der Waals surface area contributed by atoms with Crippen molar-refractivity contribution >= 4 is 28.4 Å². The van der Waals surface area contributed by atoms with Crippen LogP contribution in [0.25, 0.3) is 10.9 Å². The van der Waals surface area contributed by atoms with Gasteiger partial charge in [0.15, 0.2) is 5.82 Å². The van der Waals surface area contributed by atoms with E-state index >= 15 is 0 Å². The molecule has 2 fully saturated rings. The van der Waals surface area contributed by atoms with Gasteiger partial charge in [0.1, 0.15) is 11.3 Å². The van der Waals surface area contributed by atoms with Crippen LogP contribution >= 0.6 is 0 Å². The zero-order valence-corrected chi connectivity index (χ0v) is 14.2. The molecule has 6 heteroatoms. The summed E-state index contributed by atoms with van der Waals surface area (Å²) in [6.07, 6.45) is 6.65. The number of anilines is 2. The van der Waals surface area contributed by atoms with Crippen molar-refractivity contribution in [2.75, 3.05) is 23.3 Å². The first kappa shape index (κ1) is 16.1. The summed E-state index contributed by atoms with van der Waals surface area (Å²) in [6, 6.07) is 6.88. The number of urea groups is 1. The topological polar surface area (TPSA) is 57.3 Å². The Hall–Kier alpha value is -2.37. The number of nitrogens with zero attached hydrogens (tertiary/aromatic N) is 2. The van der Waals surface area contributed by atoms with E-state index < -0.39 is 5.82 Å². The lowest BCUT2D eigenvalue weighted by Crippen LogP contribution is -2.36. The zero-order chi connectivity index (χ0) is 17.2. The van der Waals surface area contributed by atoms with Crippen molar-refractivity contribution in [2.45, 2.75) is 44.6 Å². The minimum Gasteiger partial charge on any atom is -0.357 e. The van der Waals surface area contributed by atoms with Gasteiger partial charge in [-0.25, -0.2) is 14.2 Å². The molecule has 4 rings (SSSR count). The van der Waals surface area contributed by atoms with Gasteiger partial charge in [-0.05, 0) is 49.9 Å². The smallest absolute Gasteiger partial charge is 0.319 e. The van der Waals surface area contributed by atoms with Crippen molar-refractivity contribution in [3.63, 3.8) is 0 Å². The molecule has 0 atom stereocenters. The number of carbonyl (C=O) groups excluding carboxylic acids is 1. The van der Waals surface area contributed by atoms with E-state index in [-0.39, 0.29) is 12.1 Å². The molecule has 5 nitrogen and oxygen atoms in total. The molecule has 1 saturated heterocycles. The normalized spacial score (nSPS) is 18.0. The van der Waals surface area contributed by atoms with Crippen LogP contribution in [0.4, 0.5) is 20.7 Å². The Morgan fingerprint density at radius 2 is 1.88 bits per heavy atom. The van der Waals surface area contributed by atoms with Crippen LogP contribution in [-0.4, -0.2) is 30.1 Å². The largest absolute Gasteiger partial charge is 0.357 e. The van der Waals surface area contributed by atoms with E-state index in [1.165, 1.54) is 6.07 Å². The number of benzene rings is 1. The summed E-state index contributed by atoms with van der Waals surface area (Å²) < 4.78 is 14.5. The maximum atomic E-state index is 14.5. The minimum absolute atomic E-state index is 0.231. The fourth-order valence-corrected chi connectivity index (χ4v) is 3.80. The SMILES string of the molecule is O=C(Nc1cc(F)c2nc(N3CCCC3)ccc2c1)NC1CCCC1. The second kappa shape index (κ2) is 6.86. The number of pyridine rings is 1. The summed E-state index contributed by atoms with van der Waals surface area (Å²) in [6.45, 7) is 1.95. The number of nitrogens with one attached hydrogen (secondary N) is 2. The Morgan fingerprint density at radius 3 is 2.64 bits per heavy atom. The Labute approximate surface area is 146 Å². The molecule has 132 valence electrons. The highest BCUT2D eigenvalue weighted by Gasteiger charge is 2.18. The molecular weight excluding hydrogens is 319 g/mol. The van der Waals surface area contributed by atoms with Gasteiger partial charge in [0.25, 0.3) is 0 Å². The number of fused-ring (bicyclic) bond motifs is 1. The molecule has 1 aromatic heterocycles. The number of aromatic nitrogens is 1. The molecule has 2 heterocycles. The van der Waals surface area contributed by atoms with Gasteiger partial charge >= 0.3 is 6.03 Å². The summed E-state index contributed by atoms with van der Waals surface area (Å²) in [7, 11) is 0. The molecule has 0 spiro atoms. The number of halogens is 1. The van der Waals surface area contributed by atoms with E-state index in [0.29, 0.717) is 16.6 Å². The van der Waals surface area contributed by atoms with Gasteiger partial charge in [-0.2, -0.15) is 0 Å². The quantitative estimate of drug-likeness (QED) is 0.885. The first-order valence-electron chi connectivity index (χ1n) is 9.12. The molecule has 2 aromatic rings. The van der Waals surface area contributed by atoms with Gasteiger partial charge in [-0.1, -0.05) is 12.8 Å². The predicted molar refractivity (Wildman–Crippen MR) is 97.6 cm³/mol. The second-order valence-corrected chi connectivity index (χ2v) is 6.97. The Balaban J connectivity index is 1.52. The van der Waals surface area contributed by atoms with Gasteiger partial charge in [-0.15, -0.1) is 0 Å². The third kappa shape index (κ3) is 3.52. The zero-order valence-electron chi connectivity index (χ0n) is 14.2. The van der Waals surface area contributed by atoms with Crippen LogP contribution in [0.5, 0.6) is 0 Å². The molecule has 0 radical (unpaired) electrons. The first-order chi connectivity index (χ1) is 12.2. The third-order valence-corrected chi connectivity index (χ3v) is 5.11. The number of amides is 2. The highest BCUT2D eigenvalue weighted by molar-refractivity contribution is 5.93. The van der Waals surface area contributed by atoms with E-state index in [1.54, 1.807) is 6.07 Å². The minimum atomic E-state index is -0.408. The molecule has 1 aromatic carbocycles. The molecule has 1 saturated carbocycles. The summed E-state index contributed by atoms with van der Waals surface area (Å²) in [4.78, 5) is 18.7. The van der Waals surface area contributed by atoms with Crippen LogP contribution in [0.2, 0.25) is 0 Å². The van der Waals surface area contributed by atoms with Gasteiger partial charge in [-0.3, -0.25) is 0 Å². The van der Waals surface area contributed by atoms with E-state index in [1.807, 2.05) is 12.1 Å². The predicted octanol–water partition coefficient (Wildman–Crippen LogP) is 4.04. The van der Waals surface area contributed by atoms with Crippen LogP contribution in [0, 0.1) is 5.82 Å². The van der Waals surface area contributed by atoms with Crippen LogP contribution in [0.15, 0.2) is 24.3 Å². The highest BCUT2D eigenvalue weighted by atomic mass is 19.1. The Bertz CT molecular complexity index is 782. The van der Waals surface area contributed by atoms with Crippen LogP contribution in [0.1, 0.15) is 38.5 Å². The summed E-state index contributed by atoms with van der Waals surface area (Å²) in [5, 5.41) is 6.38. The first-order valence-corrected chi connectivity index (χ1v) is 9.12. The lowest BCUT2D eigenvalue weighted by atomic mass is 10.2. The molecule has 1 aliphatic carbocycles. The number of carbonyl (C=O) groups is 1. The molecule has 2 aliphatic rings. The van der Waals surface area contributed by atoms with Gasteiger partial charge < -0.3 is 15.5 Å². The molecule has 2 N–H and O–H groups in total. The van der Waals surface area contributed by atoms with Crippen LogP contribution in [0.3, 0.4) is 0 Å². The van der Waals surface area contributed by atoms with E-state index in [4.69, 9.17) is 0 Å². The Kier molecular flexibility index (Phi) is 4.42. The third-order valence-electron chi connectivity index (χ3n) is 5.11. The number of hydrogen-bond donors (Lipinski definition) is 2. The van der Waals surface area contributed by atoms with Crippen molar-refractivity contribution in [3.8, 4) is 0 Å². The second-order valence-electron chi connectivity index (χ2n) is 6.97. The van der Waals surface area contributed by atoms with E-state index in [2.05, 4.69) is 20.5 Å². The average molecular weight is 342 g/mol. The maximum Gasteiger partial charge on any atom is 0.319 e. The fraction of sp³-hybridized carbons (Fsp3) is 0.474. The molecule has 0 unspecified atom stereocenters.